The lowest BCUT2D eigenvalue weighted by molar-refractivity contribution is -0.117. The maximum Gasteiger partial charge on any atom is 0.138 e. The Bertz CT molecular complexity index is 458. The van der Waals surface area contributed by atoms with E-state index in [9.17, 15) is 4.79 Å². The minimum atomic E-state index is 0.0606. The number of hydrogen-bond acceptors (Lipinski definition) is 4. The van der Waals surface area contributed by atoms with Gasteiger partial charge in [0.25, 0.3) is 0 Å². The van der Waals surface area contributed by atoms with Gasteiger partial charge in [0.05, 0.1) is 0 Å². The summed E-state index contributed by atoms with van der Waals surface area (Å²) in [6.07, 6.45) is 0.760. The molecule has 0 saturated carbocycles. The van der Waals surface area contributed by atoms with Crippen LogP contribution in [0.3, 0.4) is 0 Å². The van der Waals surface area contributed by atoms with E-state index in [0.29, 0.717) is 13.0 Å². The largest absolute Gasteiger partial charge is 0.486 e. The molecule has 0 radical (unpaired) electrons. The summed E-state index contributed by atoms with van der Waals surface area (Å²) >= 11 is 0. The zero-order valence-corrected chi connectivity index (χ0v) is 13.1. The van der Waals surface area contributed by atoms with Crippen LogP contribution in [0.1, 0.15) is 38.7 Å². The van der Waals surface area contributed by atoms with Crippen LogP contribution in [-0.4, -0.2) is 37.7 Å². The minimum absolute atomic E-state index is 0.0606. The van der Waals surface area contributed by atoms with E-state index in [1.807, 2.05) is 31.2 Å². The Kier molecular flexibility index (Phi) is 5.76. The number of nitrogens with one attached hydrogen (secondary N) is 1. The number of hydrogen-bond donors (Lipinski definition) is 1. The van der Waals surface area contributed by atoms with Crippen LogP contribution in [-0.2, 0) is 9.53 Å². The van der Waals surface area contributed by atoms with Crippen molar-refractivity contribution in [2.75, 3.05) is 19.7 Å². The topological polar surface area (TPSA) is 47.6 Å². The third-order valence-electron chi connectivity index (χ3n) is 3.82. The lowest BCUT2D eigenvalue weighted by atomic mass is 9.96. The summed E-state index contributed by atoms with van der Waals surface area (Å²) in [5.74, 6) is 1.33. The minimum Gasteiger partial charge on any atom is -0.486 e. The van der Waals surface area contributed by atoms with Crippen molar-refractivity contribution in [2.45, 2.75) is 45.3 Å². The highest BCUT2D eigenvalue weighted by Crippen LogP contribution is 2.23. The van der Waals surface area contributed by atoms with E-state index in [-0.39, 0.29) is 23.9 Å². The van der Waals surface area contributed by atoms with Gasteiger partial charge in [0.15, 0.2) is 0 Å². The standard InChI is InChI=1S/C17H25NO3/c1-4-20-16-10-18-11-17(16)21-15-7-5-14(6-8-15)12(2)9-13(3)19/h5-8,12,16-18H,4,9-11H2,1-3H3/t12-,16+,17?/m1/s1. The molecule has 1 N–H and O–H groups in total. The average molecular weight is 291 g/mol. The van der Waals surface area contributed by atoms with Gasteiger partial charge < -0.3 is 19.6 Å². The third kappa shape index (κ3) is 4.55. The van der Waals surface area contributed by atoms with Crippen molar-refractivity contribution in [2.24, 2.45) is 0 Å². The molecule has 0 amide bonds. The van der Waals surface area contributed by atoms with Crippen LogP contribution < -0.4 is 10.1 Å². The first kappa shape index (κ1) is 16.0. The molecule has 1 aliphatic heterocycles. The van der Waals surface area contributed by atoms with Gasteiger partial charge >= 0.3 is 0 Å². The summed E-state index contributed by atoms with van der Waals surface area (Å²) in [4.78, 5) is 11.2. The summed E-state index contributed by atoms with van der Waals surface area (Å²) in [5, 5.41) is 3.29. The van der Waals surface area contributed by atoms with Gasteiger partial charge in [0.2, 0.25) is 0 Å². The predicted molar refractivity (Wildman–Crippen MR) is 82.9 cm³/mol. The third-order valence-corrected chi connectivity index (χ3v) is 3.82. The van der Waals surface area contributed by atoms with Crippen LogP contribution in [0.5, 0.6) is 5.75 Å². The van der Waals surface area contributed by atoms with Gasteiger partial charge in [-0.1, -0.05) is 19.1 Å². The van der Waals surface area contributed by atoms with Crippen LogP contribution in [0.15, 0.2) is 24.3 Å². The Morgan fingerprint density at radius 3 is 2.57 bits per heavy atom. The molecule has 1 unspecified atom stereocenters. The van der Waals surface area contributed by atoms with Crippen LogP contribution in [0.4, 0.5) is 0 Å². The highest BCUT2D eigenvalue weighted by Gasteiger charge is 2.29. The fourth-order valence-corrected chi connectivity index (χ4v) is 2.73. The molecule has 0 aliphatic carbocycles. The first-order valence-electron chi connectivity index (χ1n) is 7.68. The van der Waals surface area contributed by atoms with E-state index in [2.05, 4.69) is 12.2 Å². The molecular weight excluding hydrogens is 266 g/mol. The first-order chi connectivity index (χ1) is 10.1. The van der Waals surface area contributed by atoms with Gasteiger partial charge in [0.1, 0.15) is 23.7 Å². The summed E-state index contributed by atoms with van der Waals surface area (Å²) in [6.45, 7) is 8.06. The van der Waals surface area contributed by atoms with Crippen molar-refractivity contribution < 1.29 is 14.3 Å². The molecule has 4 nitrogen and oxygen atoms in total. The highest BCUT2D eigenvalue weighted by atomic mass is 16.5. The summed E-state index contributed by atoms with van der Waals surface area (Å²) in [5.41, 5.74) is 1.17. The van der Waals surface area contributed by atoms with E-state index >= 15 is 0 Å². The lowest BCUT2D eigenvalue weighted by Crippen LogP contribution is -2.32. The zero-order valence-electron chi connectivity index (χ0n) is 13.1. The molecule has 1 aromatic rings. The first-order valence-corrected chi connectivity index (χ1v) is 7.68. The molecule has 1 saturated heterocycles. The molecule has 1 fully saturated rings. The molecule has 1 heterocycles. The summed E-state index contributed by atoms with van der Waals surface area (Å²) < 4.78 is 11.7. The Morgan fingerprint density at radius 1 is 1.29 bits per heavy atom. The quantitative estimate of drug-likeness (QED) is 0.838. The lowest BCUT2D eigenvalue weighted by Gasteiger charge is -2.20. The average Bonchev–Trinajstić information content (AvgIpc) is 2.86. The second-order valence-electron chi connectivity index (χ2n) is 5.68. The molecule has 21 heavy (non-hydrogen) atoms. The van der Waals surface area contributed by atoms with E-state index in [1.165, 1.54) is 5.56 Å². The molecule has 4 heteroatoms. The number of carbonyl (C=O) groups is 1. The van der Waals surface area contributed by atoms with Gasteiger partial charge in [-0.05, 0) is 37.5 Å². The second-order valence-corrected chi connectivity index (χ2v) is 5.68. The van der Waals surface area contributed by atoms with Gasteiger partial charge in [0, 0.05) is 26.1 Å². The van der Waals surface area contributed by atoms with Crippen molar-refractivity contribution in [1.82, 2.24) is 5.32 Å². The molecule has 116 valence electrons. The van der Waals surface area contributed by atoms with Gasteiger partial charge in [-0.2, -0.15) is 0 Å². The number of carbonyl (C=O) groups excluding carboxylic acids is 1. The van der Waals surface area contributed by atoms with Crippen molar-refractivity contribution in [1.29, 1.82) is 0 Å². The molecule has 0 spiro atoms. The fraction of sp³-hybridized carbons (Fsp3) is 0.588. The molecule has 2 rings (SSSR count). The van der Waals surface area contributed by atoms with Crippen LogP contribution in [0.2, 0.25) is 0 Å². The van der Waals surface area contributed by atoms with Crippen LogP contribution in [0.25, 0.3) is 0 Å². The Balaban J connectivity index is 1.94. The van der Waals surface area contributed by atoms with E-state index in [4.69, 9.17) is 9.47 Å². The van der Waals surface area contributed by atoms with Crippen molar-refractivity contribution in [3.05, 3.63) is 29.8 Å². The van der Waals surface area contributed by atoms with Crippen molar-refractivity contribution in [3.63, 3.8) is 0 Å². The fourth-order valence-electron chi connectivity index (χ4n) is 2.73. The monoisotopic (exact) mass is 291 g/mol. The van der Waals surface area contributed by atoms with Crippen LogP contribution >= 0.6 is 0 Å². The Morgan fingerprint density at radius 2 is 1.95 bits per heavy atom. The molecule has 1 aliphatic rings. The zero-order chi connectivity index (χ0) is 15.2. The van der Waals surface area contributed by atoms with E-state index in [1.54, 1.807) is 6.92 Å². The van der Waals surface area contributed by atoms with E-state index < -0.39 is 0 Å². The summed E-state index contributed by atoms with van der Waals surface area (Å²) in [6, 6.07) is 8.04. The Labute approximate surface area is 126 Å². The number of Topliss-reactive ketones (excluding diaryl/α,β-unsaturated/α-hetero) is 1. The highest BCUT2D eigenvalue weighted by molar-refractivity contribution is 5.76. The van der Waals surface area contributed by atoms with Crippen molar-refractivity contribution >= 4 is 5.78 Å². The summed E-state index contributed by atoms with van der Waals surface area (Å²) in [7, 11) is 0. The SMILES string of the molecule is CCO[C@H]1CNCC1Oc1ccc([C@H](C)CC(C)=O)cc1. The van der Waals surface area contributed by atoms with Gasteiger partial charge in [-0.15, -0.1) is 0 Å². The molecule has 0 aromatic heterocycles. The smallest absolute Gasteiger partial charge is 0.138 e. The number of ether oxygens (including phenoxy) is 2. The maximum absolute atomic E-state index is 11.2. The van der Waals surface area contributed by atoms with E-state index in [0.717, 1.165) is 18.8 Å². The predicted octanol–water partition coefficient (Wildman–Crippen LogP) is 2.52. The maximum atomic E-state index is 11.2. The molecule has 3 atom stereocenters. The Hall–Kier alpha value is -1.39. The normalized spacial score (nSPS) is 23.0. The van der Waals surface area contributed by atoms with Gasteiger partial charge in [-0.25, -0.2) is 0 Å². The molecule has 1 aromatic carbocycles. The van der Waals surface area contributed by atoms with Crippen molar-refractivity contribution in [3.8, 4) is 5.75 Å². The second kappa shape index (κ2) is 7.57. The van der Waals surface area contributed by atoms with Gasteiger partial charge in [-0.3, -0.25) is 0 Å². The van der Waals surface area contributed by atoms with Crippen LogP contribution in [0, 0.1) is 0 Å². The molecular formula is C17H25NO3. The number of rotatable bonds is 7. The molecule has 0 bridgehead atoms. The number of ketones is 1. The number of benzene rings is 1.